The van der Waals surface area contributed by atoms with E-state index in [1.165, 1.54) is 6.07 Å². The molecule has 0 aliphatic rings. The van der Waals surface area contributed by atoms with Crippen molar-refractivity contribution in [3.63, 3.8) is 0 Å². The quantitative estimate of drug-likeness (QED) is 0.876. The van der Waals surface area contributed by atoms with Crippen LogP contribution < -0.4 is 10.5 Å². The van der Waals surface area contributed by atoms with Crippen molar-refractivity contribution in [2.45, 2.75) is 12.6 Å². The molecule has 19 heavy (non-hydrogen) atoms. The Kier molecular flexibility index (Phi) is 5.05. The minimum absolute atomic E-state index is 0.128. The van der Waals surface area contributed by atoms with Gasteiger partial charge in [-0.2, -0.15) is 13.2 Å². The Morgan fingerprint density at radius 1 is 1.32 bits per heavy atom. The highest BCUT2D eigenvalue weighted by Gasteiger charge is 2.34. The van der Waals surface area contributed by atoms with Gasteiger partial charge in [0.15, 0.2) is 0 Å². The Labute approximate surface area is 113 Å². The third kappa shape index (κ3) is 4.88. The first-order chi connectivity index (χ1) is 8.65. The van der Waals surface area contributed by atoms with Gasteiger partial charge in [-0.25, -0.2) is 8.42 Å². The number of nitrogens with one attached hydrogen (secondary N) is 1. The number of alkyl halides is 3. The van der Waals surface area contributed by atoms with E-state index in [-0.39, 0.29) is 23.7 Å². The molecule has 3 N–H and O–H groups in total. The van der Waals surface area contributed by atoms with Crippen molar-refractivity contribution < 1.29 is 21.6 Å². The van der Waals surface area contributed by atoms with Crippen molar-refractivity contribution in [3.05, 3.63) is 28.8 Å². The van der Waals surface area contributed by atoms with Gasteiger partial charge in [0.2, 0.25) is 10.0 Å². The summed E-state index contributed by atoms with van der Waals surface area (Å²) in [6.07, 6.45) is -4.54. The molecule has 0 aliphatic heterocycles. The summed E-state index contributed by atoms with van der Waals surface area (Å²) in [5.41, 5.74) is 3.48. The number of rotatable bonds is 5. The average molecular weight is 317 g/mol. The van der Waals surface area contributed by atoms with Crippen LogP contribution in [0.1, 0.15) is 12.0 Å². The van der Waals surface area contributed by atoms with E-state index in [0.29, 0.717) is 6.07 Å². The molecule has 0 radical (unpaired) electrons. The molecule has 4 nitrogen and oxygen atoms in total. The molecule has 0 amide bonds. The third-order valence-electron chi connectivity index (χ3n) is 2.17. The van der Waals surface area contributed by atoms with Crippen LogP contribution in [0.2, 0.25) is 5.02 Å². The van der Waals surface area contributed by atoms with Gasteiger partial charge in [-0.15, -0.1) is 0 Å². The van der Waals surface area contributed by atoms with E-state index >= 15 is 0 Å². The third-order valence-corrected chi connectivity index (χ3v) is 3.76. The number of hydrogen-bond donors (Lipinski definition) is 2. The van der Waals surface area contributed by atoms with Gasteiger partial charge in [0.25, 0.3) is 0 Å². The maximum absolute atomic E-state index is 12.7. The second-order valence-electron chi connectivity index (χ2n) is 3.75. The molecule has 0 saturated heterocycles. The molecule has 1 aromatic rings. The summed E-state index contributed by atoms with van der Waals surface area (Å²) in [6, 6.07) is 2.82. The zero-order valence-electron chi connectivity index (χ0n) is 9.67. The Morgan fingerprint density at radius 2 is 1.95 bits per heavy atom. The van der Waals surface area contributed by atoms with Crippen LogP contribution in [0.3, 0.4) is 0 Å². The SMILES string of the molecule is NCCCS(=O)(=O)Nc1ccc(Cl)cc1C(F)(F)F. The van der Waals surface area contributed by atoms with Gasteiger partial charge < -0.3 is 5.73 Å². The molecule has 9 heteroatoms. The van der Waals surface area contributed by atoms with Crippen molar-refractivity contribution in [1.82, 2.24) is 0 Å². The van der Waals surface area contributed by atoms with Gasteiger partial charge >= 0.3 is 6.18 Å². The van der Waals surface area contributed by atoms with E-state index in [0.717, 1.165) is 6.07 Å². The molecule has 0 aliphatic carbocycles. The molecule has 0 fully saturated rings. The Hall–Kier alpha value is -0.990. The van der Waals surface area contributed by atoms with E-state index in [1.54, 1.807) is 0 Å². The van der Waals surface area contributed by atoms with Gasteiger partial charge in [-0.3, -0.25) is 4.72 Å². The van der Waals surface area contributed by atoms with E-state index < -0.39 is 27.5 Å². The predicted molar refractivity (Wildman–Crippen MR) is 67.5 cm³/mol. The summed E-state index contributed by atoms with van der Waals surface area (Å²) < 4.78 is 63.2. The van der Waals surface area contributed by atoms with Crippen molar-refractivity contribution in [3.8, 4) is 0 Å². The first-order valence-corrected chi connectivity index (χ1v) is 7.26. The lowest BCUT2D eigenvalue weighted by Gasteiger charge is -2.15. The fraction of sp³-hybridized carbons (Fsp3) is 0.400. The maximum atomic E-state index is 12.7. The molecule has 0 heterocycles. The summed E-state index contributed by atoms with van der Waals surface area (Å²) in [4.78, 5) is 0. The van der Waals surface area contributed by atoms with Crippen molar-refractivity contribution in [2.24, 2.45) is 5.73 Å². The lowest BCUT2D eigenvalue weighted by atomic mass is 10.2. The lowest BCUT2D eigenvalue weighted by Crippen LogP contribution is -2.21. The van der Waals surface area contributed by atoms with E-state index in [9.17, 15) is 21.6 Å². The molecule has 0 spiro atoms. The maximum Gasteiger partial charge on any atom is 0.418 e. The molecular weight excluding hydrogens is 305 g/mol. The van der Waals surface area contributed by atoms with Gasteiger partial charge in [0, 0.05) is 5.02 Å². The van der Waals surface area contributed by atoms with E-state index in [1.807, 2.05) is 4.72 Å². The minimum Gasteiger partial charge on any atom is -0.330 e. The first-order valence-electron chi connectivity index (χ1n) is 5.23. The van der Waals surface area contributed by atoms with Crippen LogP contribution in [0.15, 0.2) is 18.2 Å². The zero-order valence-corrected chi connectivity index (χ0v) is 11.2. The van der Waals surface area contributed by atoms with Crippen molar-refractivity contribution in [2.75, 3.05) is 17.0 Å². The largest absolute Gasteiger partial charge is 0.418 e. The highest BCUT2D eigenvalue weighted by molar-refractivity contribution is 7.92. The van der Waals surface area contributed by atoms with Gasteiger partial charge in [-0.1, -0.05) is 11.6 Å². The topological polar surface area (TPSA) is 72.2 Å². The molecule has 0 aromatic heterocycles. The number of sulfonamides is 1. The molecule has 1 rings (SSSR count). The van der Waals surface area contributed by atoms with Gasteiger partial charge in [0.1, 0.15) is 0 Å². The molecule has 0 bridgehead atoms. The normalized spacial score (nSPS) is 12.5. The fourth-order valence-electron chi connectivity index (χ4n) is 1.33. The molecule has 0 unspecified atom stereocenters. The summed E-state index contributed by atoms with van der Waals surface area (Å²) in [5.74, 6) is -0.344. The predicted octanol–water partition coefficient (Wildman–Crippen LogP) is 2.45. The Balaban J connectivity index is 3.08. The highest BCUT2D eigenvalue weighted by atomic mass is 35.5. The van der Waals surface area contributed by atoms with Crippen LogP contribution in [0.5, 0.6) is 0 Å². The van der Waals surface area contributed by atoms with Crippen molar-refractivity contribution >= 4 is 27.3 Å². The number of nitrogens with two attached hydrogens (primary N) is 1. The summed E-state index contributed by atoms with van der Waals surface area (Å²) >= 11 is 5.48. The molecule has 0 atom stereocenters. The van der Waals surface area contributed by atoms with Crippen molar-refractivity contribution in [1.29, 1.82) is 0 Å². The number of hydrogen-bond acceptors (Lipinski definition) is 3. The van der Waals surface area contributed by atoms with E-state index in [2.05, 4.69) is 0 Å². The van der Waals surface area contributed by atoms with Crippen LogP contribution in [0.25, 0.3) is 0 Å². The van der Waals surface area contributed by atoms with Crippen LogP contribution in [0, 0.1) is 0 Å². The monoisotopic (exact) mass is 316 g/mol. The molecular formula is C10H12ClF3N2O2S. The zero-order chi connectivity index (χ0) is 14.7. The second kappa shape index (κ2) is 5.98. The molecule has 1 aromatic carbocycles. The van der Waals surface area contributed by atoms with Gasteiger partial charge in [-0.05, 0) is 31.2 Å². The fourth-order valence-corrected chi connectivity index (χ4v) is 2.67. The van der Waals surface area contributed by atoms with E-state index in [4.69, 9.17) is 17.3 Å². The number of halogens is 4. The summed E-state index contributed by atoms with van der Waals surface area (Å²) in [7, 11) is -3.87. The van der Waals surface area contributed by atoms with Crippen LogP contribution in [0.4, 0.5) is 18.9 Å². The molecule has 108 valence electrons. The Morgan fingerprint density at radius 3 is 2.47 bits per heavy atom. The summed E-state index contributed by atoms with van der Waals surface area (Å²) in [6.45, 7) is 0.133. The summed E-state index contributed by atoms with van der Waals surface area (Å²) in [5, 5.41) is -0.128. The molecule has 0 saturated carbocycles. The van der Waals surface area contributed by atoms with Crippen LogP contribution in [-0.4, -0.2) is 20.7 Å². The standard InChI is InChI=1S/C10H12ClF3N2O2S/c11-7-2-3-9(8(6-7)10(12,13)14)16-19(17,18)5-1-4-15/h2-3,6,16H,1,4-5,15H2. The smallest absolute Gasteiger partial charge is 0.330 e. The average Bonchev–Trinajstić information content (AvgIpc) is 2.27. The number of anilines is 1. The van der Waals surface area contributed by atoms with Gasteiger partial charge in [0.05, 0.1) is 17.0 Å². The number of benzene rings is 1. The highest BCUT2D eigenvalue weighted by Crippen LogP contribution is 2.36. The lowest BCUT2D eigenvalue weighted by molar-refractivity contribution is -0.136. The van der Waals surface area contributed by atoms with Crippen LogP contribution in [-0.2, 0) is 16.2 Å². The first kappa shape index (κ1) is 16.1. The second-order valence-corrected chi connectivity index (χ2v) is 6.03. The van der Waals surface area contributed by atoms with Crippen LogP contribution >= 0.6 is 11.6 Å². The minimum atomic E-state index is -4.70. The Bertz CT molecular complexity index is 546.